The fourth-order valence-electron chi connectivity index (χ4n) is 1.43. The quantitative estimate of drug-likeness (QED) is 0.797. The van der Waals surface area contributed by atoms with Crippen LogP contribution in [0.15, 0.2) is 12.1 Å². The number of rotatable bonds is 4. The molecule has 0 saturated heterocycles. The zero-order valence-electron chi connectivity index (χ0n) is 8.96. The smallest absolute Gasteiger partial charge is 0.165 e. The highest BCUT2D eigenvalue weighted by Gasteiger charge is 2.16. The van der Waals surface area contributed by atoms with Crippen molar-refractivity contribution >= 4 is 0 Å². The number of halogens is 1. The Balaban J connectivity index is 3.20. The van der Waals surface area contributed by atoms with Gasteiger partial charge < -0.3 is 15.6 Å². The Kier molecular flexibility index (Phi) is 4.05. The highest BCUT2D eigenvalue weighted by Crippen LogP contribution is 2.29. The highest BCUT2D eigenvalue weighted by molar-refractivity contribution is 5.40. The third-order valence-electron chi connectivity index (χ3n) is 2.09. The summed E-state index contributed by atoms with van der Waals surface area (Å²) in [6.07, 6.45) is -0.888. The summed E-state index contributed by atoms with van der Waals surface area (Å²) in [6.45, 7) is 3.91. The molecule has 1 atom stereocenters. The number of aryl methyl sites for hydroxylation is 1. The minimum absolute atomic E-state index is 0.0446. The van der Waals surface area contributed by atoms with Crippen molar-refractivity contribution in [1.82, 2.24) is 0 Å². The topological polar surface area (TPSA) is 55.5 Å². The Morgan fingerprint density at radius 1 is 1.53 bits per heavy atom. The predicted molar refractivity (Wildman–Crippen MR) is 56.3 cm³/mol. The van der Waals surface area contributed by atoms with Crippen molar-refractivity contribution in [1.29, 1.82) is 0 Å². The van der Waals surface area contributed by atoms with E-state index in [1.54, 1.807) is 19.9 Å². The monoisotopic (exact) mass is 213 g/mol. The van der Waals surface area contributed by atoms with Crippen LogP contribution in [-0.2, 0) is 0 Å². The van der Waals surface area contributed by atoms with E-state index >= 15 is 0 Å². The molecule has 1 unspecified atom stereocenters. The SMILES string of the molecule is CCOc1c(F)cc(C)cc1C(O)CN. The van der Waals surface area contributed by atoms with E-state index < -0.39 is 11.9 Å². The number of nitrogens with two attached hydrogens (primary N) is 1. The maximum Gasteiger partial charge on any atom is 0.165 e. The average molecular weight is 213 g/mol. The normalized spacial score (nSPS) is 12.6. The second kappa shape index (κ2) is 5.09. The van der Waals surface area contributed by atoms with Crippen molar-refractivity contribution in [3.63, 3.8) is 0 Å². The van der Waals surface area contributed by atoms with Crippen molar-refractivity contribution in [3.8, 4) is 5.75 Å². The molecule has 3 N–H and O–H groups in total. The van der Waals surface area contributed by atoms with Crippen LogP contribution in [0.4, 0.5) is 4.39 Å². The highest BCUT2D eigenvalue weighted by atomic mass is 19.1. The minimum Gasteiger partial charge on any atom is -0.490 e. The average Bonchev–Trinajstić information content (AvgIpc) is 2.20. The Bertz CT molecular complexity index is 342. The number of benzene rings is 1. The molecule has 84 valence electrons. The van der Waals surface area contributed by atoms with Crippen LogP contribution in [-0.4, -0.2) is 18.3 Å². The van der Waals surface area contributed by atoms with Crippen LogP contribution < -0.4 is 10.5 Å². The molecular weight excluding hydrogens is 197 g/mol. The van der Waals surface area contributed by atoms with Gasteiger partial charge in [-0.05, 0) is 31.5 Å². The van der Waals surface area contributed by atoms with Crippen LogP contribution in [0.5, 0.6) is 5.75 Å². The van der Waals surface area contributed by atoms with E-state index in [4.69, 9.17) is 10.5 Å². The van der Waals surface area contributed by atoms with E-state index in [1.165, 1.54) is 6.07 Å². The zero-order valence-corrected chi connectivity index (χ0v) is 8.96. The molecule has 0 aliphatic carbocycles. The maximum absolute atomic E-state index is 13.5. The summed E-state index contributed by atoms with van der Waals surface area (Å²) in [5, 5.41) is 9.61. The summed E-state index contributed by atoms with van der Waals surface area (Å²) in [5.74, 6) is -0.361. The molecule has 1 rings (SSSR count). The fraction of sp³-hybridized carbons (Fsp3) is 0.455. The van der Waals surface area contributed by atoms with Gasteiger partial charge in [0.2, 0.25) is 0 Å². The molecule has 0 heterocycles. The molecule has 0 aromatic heterocycles. The van der Waals surface area contributed by atoms with Gasteiger partial charge >= 0.3 is 0 Å². The summed E-state index contributed by atoms with van der Waals surface area (Å²) < 4.78 is 18.7. The molecule has 0 aliphatic rings. The molecule has 0 spiro atoms. The lowest BCUT2D eigenvalue weighted by Gasteiger charge is -2.15. The van der Waals surface area contributed by atoms with E-state index in [1.807, 2.05) is 0 Å². The molecular formula is C11H16FNO2. The Labute approximate surface area is 88.7 Å². The first kappa shape index (κ1) is 11.9. The van der Waals surface area contributed by atoms with Crippen LogP contribution in [0.1, 0.15) is 24.2 Å². The van der Waals surface area contributed by atoms with Crippen LogP contribution in [0.2, 0.25) is 0 Å². The second-order valence-corrected chi connectivity index (χ2v) is 3.35. The van der Waals surface area contributed by atoms with E-state index in [-0.39, 0.29) is 12.3 Å². The van der Waals surface area contributed by atoms with Gasteiger partial charge in [0, 0.05) is 12.1 Å². The molecule has 0 fully saturated rings. The lowest BCUT2D eigenvalue weighted by molar-refractivity contribution is 0.178. The summed E-state index contributed by atoms with van der Waals surface area (Å²) in [7, 11) is 0. The maximum atomic E-state index is 13.5. The van der Waals surface area contributed by atoms with Crippen molar-refractivity contribution < 1.29 is 14.2 Å². The first-order valence-electron chi connectivity index (χ1n) is 4.91. The molecule has 4 heteroatoms. The van der Waals surface area contributed by atoms with E-state index in [0.29, 0.717) is 12.2 Å². The lowest BCUT2D eigenvalue weighted by Crippen LogP contribution is -2.14. The lowest BCUT2D eigenvalue weighted by atomic mass is 10.0. The van der Waals surface area contributed by atoms with Crippen molar-refractivity contribution in [3.05, 3.63) is 29.1 Å². The van der Waals surface area contributed by atoms with E-state index in [0.717, 1.165) is 5.56 Å². The van der Waals surface area contributed by atoms with Gasteiger partial charge in [-0.25, -0.2) is 4.39 Å². The minimum atomic E-state index is -0.888. The number of aliphatic hydroxyl groups excluding tert-OH is 1. The van der Waals surface area contributed by atoms with Gasteiger partial charge in [-0.15, -0.1) is 0 Å². The van der Waals surface area contributed by atoms with E-state index in [2.05, 4.69) is 0 Å². The van der Waals surface area contributed by atoms with Crippen molar-refractivity contribution in [2.75, 3.05) is 13.2 Å². The van der Waals surface area contributed by atoms with Gasteiger partial charge in [-0.3, -0.25) is 0 Å². The standard InChI is InChI=1S/C11H16FNO2/c1-3-15-11-8(10(14)6-13)4-7(2)5-9(11)12/h4-5,10,14H,3,6,13H2,1-2H3. The molecule has 0 bridgehead atoms. The van der Waals surface area contributed by atoms with Gasteiger partial charge in [-0.2, -0.15) is 0 Å². The van der Waals surface area contributed by atoms with Crippen molar-refractivity contribution in [2.45, 2.75) is 20.0 Å². The van der Waals surface area contributed by atoms with Crippen molar-refractivity contribution in [2.24, 2.45) is 5.73 Å². The summed E-state index contributed by atoms with van der Waals surface area (Å²) in [5.41, 5.74) is 6.49. The first-order chi connectivity index (χ1) is 7.10. The third-order valence-corrected chi connectivity index (χ3v) is 2.09. The fourth-order valence-corrected chi connectivity index (χ4v) is 1.43. The molecule has 15 heavy (non-hydrogen) atoms. The van der Waals surface area contributed by atoms with Gasteiger partial charge in [-0.1, -0.05) is 0 Å². The first-order valence-corrected chi connectivity index (χ1v) is 4.91. The number of ether oxygens (including phenoxy) is 1. The van der Waals surface area contributed by atoms with Gasteiger partial charge in [0.15, 0.2) is 11.6 Å². The molecule has 0 radical (unpaired) electrons. The number of hydrogen-bond donors (Lipinski definition) is 2. The Morgan fingerprint density at radius 3 is 2.73 bits per heavy atom. The molecule has 0 aliphatic heterocycles. The molecule has 0 saturated carbocycles. The Hall–Kier alpha value is -1.13. The molecule has 1 aromatic rings. The second-order valence-electron chi connectivity index (χ2n) is 3.35. The van der Waals surface area contributed by atoms with Gasteiger partial charge in [0.05, 0.1) is 12.7 Å². The molecule has 1 aromatic carbocycles. The Morgan fingerprint density at radius 2 is 2.20 bits per heavy atom. The summed E-state index contributed by atoms with van der Waals surface area (Å²) >= 11 is 0. The summed E-state index contributed by atoms with van der Waals surface area (Å²) in [4.78, 5) is 0. The third kappa shape index (κ3) is 2.67. The van der Waals surface area contributed by atoms with Crippen LogP contribution >= 0.6 is 0 Å². The summed E-state index contributed by atoms with van der Waals surface area (Å²) in [6, 6.07) is 3.06. The number of aliphatic hydroxyl groups is 1. The predicted octanol–water partition coefficient (Wildman–Crippen LogP) is 1.52. The van der Waals surface area contributed by atoms with Crippen LogP contribution in [0, 0.1) is 12.7 Å². The molecule has 3 nitrogen and oxygen atoms in total. The van der Waals surface area contributed by atoms with Crippen LogP contribution in [0.3, 0.4) is 0 Å². The largest absolute Gasteiger partial charge is 0.490 e. The zero-order chi connectivity index (χ0) is 11.4. The van der Waals surface area contributed by atoms with Gasteiger partial charge in [0.25, 0.3) is 0 Å². The molecule has 0 amide bonds. The van der Waals surface area contributed by atoms with Crippen LogP contribution in [0.25, 0.3) is 0 Å². The number of hydrogen-bond acceptors (Lipinski definition) is 3. The van der Waals surface area contributed by atoms with Gasteiger partial charge in [0.1, 0.15) is 0 Å². The van der Waals surface area contributed by atoms with E-state index in [9.17, 15) is 9.50 Å².